The molecule has 6 nitrogen and oxygen atoms in total. The molecule has 1 unspecified atom stereocenters. The van der Waals surface area contributed by atoms with Gasteiger partial charge in [0.2, 0.25) is 0 Å². The van der Waals surface area contributed by atoms with Crippen molar-refractivity contribution in [3.63, 3.8) is 0 Å². The summed E-state index contributed by atoms with van der Waals surface area (Å²) in [7, 11) is 0. The van der Waals surface area contributed by atoms with Gasteiger partial charge in [0.05, 0.1) is 12.2 Å². The lowest BCUT2D eigenvalue weighted by atomic mass is 10.1. The minimum Gasteiger partial charge on any atom is -0.493 e. The fourth-order valence-electron chi connectivity index (χ4n) is 2.59. The van der Waals surface area contributed by atoms with Crippen LogP contribution in [0.4, 0.5) is 0 Å². The van der Waals surface area contributed by atoms with Crippen molar-refractivity contribution in [1.29, 1.82) is 0 Å². The molecule has 2 rings (SSSR count). The Kier molecular flexibility index (Phi) is 7.87. The molecular weight excluding hydrogens is 424 g/mol. The largest absolute Gasteiger partial charge is 0.493 e. The number of ether oxygens (including phenoxy) is 2. The minimum atomic E-state index is -0.787. The molecule has 0 spiro atoms. The highest BCUT2D eigenvalue weighted by atomic mass is 79.9. The second-order valence-electron chi connectivity index (χ2n) is 6.42. The number of amides is 2. The molecule has 0 aliphatic rings. The summed E-state index contributed by atoms with van der Waals surface area (Å²) in [5.41, 5.74) is 7.00. The van der Waals surface area contributed by atoms with E-state index in [2.05, 4.69) is 26.8 Å². The van der Waals surface area contributed by atoms with Crippen LogP contribution in [0.1, 0.15) is 41.8 Å². The first-order valence-electron chi connectivity index (χ1n) is 9.09. The first-order chi connectivity index (χ1) is 13.3. The van der Waals surface area contributed by atoms with Gasteiger partial charge in [0.25, 0.3) is 11.8 Å². The summed E-state index contributed by atoms with van der Waals surface area (Å²) in [4.78, 5) is 24.7. The van der Waals surface area contributed by atoms with Gasteiger partial charge in [0.15, 0.2) is 6.10 Å². The maximum Gasteiger partial charge on any atom is 0.279 e. The Labute approximate surface area is 173 Å². The first-order valence-corrected chi connectivity index (χ1v) is 9.88. The minimum absolute atomic E-state index is 0.351. The Balaban J connectivity index is 1.97. The van der Waals surface area contributed by atoms with E-state index in [1.807, 2.05) is 32.9 Å². The second-order valence-corrected chi connectivity index (χ2v) is 7.33. The summed E-state index contributed by atoms with van der Waals surface area (Å²) in [5.74, 6) is 0.210. The summed E-state index contributed by atoms with van der Waals surface area (Å²) < 4.78 is 12.3. The van der Waals surface area contributed by atoms with Crippen molar-refractivity contribution in [2.75, 3.05) is 6.61 Å². The number of hydrogen-bond acceptors (Lipinski definition) is 4. The topological polar surface area (TPSA) is 76.7 Å². The van der Waals surface area contributed by atoms with E-state index in [9.17, 15) is 9.59 Å². The zero-order chi connectivity index (χ0) is 20.7. The van der Waals surface area contributed by atoms with Crippen molar-refractivity contribution in [3.05, 3.63) is 57.6 Å². The molecule has 2 amide bonds. The smallest absolute Gasteiger partial charge is 0.279 e. The molecule has 0 aliphatic heterocycles. The normalized spacial score (nSPS) is 11.5. The van der Waals surface area contributed by atoms with Gasteiger partial charge < -0.3 is 9.47 Å². The Morgan fingerprint density at radius 2 is 1.75 bits per heavy atom. The number of para-hydroxylation sites is 1. The maximum absolute atomic E-state index is 12.4. The van der Waals surface area contributed by atoms with Gasteiger partial charge in [-0.3, -0.25) is 20.4 Å². The van der Waals surface area contributed by atoms with Crippen LogP contribution in [-0.2, 0) is 4.79 Å². The fraction of sp³-hybridized carbons (Fsp3) is 0.333. The molecular formula is C21H25BrN2O4. The summed E-state index contributed by atoms with van der Waals surface area (Å²) in [6, 6.07) is 10.7. The van der Waals surface area contributed by atoms with Gasteiger partial charge in [-0.05, 0) is 62.6 Å². The van der Waals surface area contributed by atoms with E-state index in [0.717, 1.165) is 22.0 Å². The van der Waals surface area contributed by atoms with E-state index in [-0.39, 0.29) is 0 Å². The molecule has 0 bridgehead atoms. The van der Waals surface area contributed by atoms with Crippen LogP contribution in [0.5, 0.6) is 11.5 Å². The monoisotopic (exact) mass is 448 g/mol. The van der Waals surface area contributed by atoms with Gasteiger partial charge in [-0.2, -0.15) is 0 Å². The Morgan fingerprint density at radius 1 is 1.11 bits per heavy atom. The van der Waals surface area contributed by atoms with Crippen molar-refractivity contribution < 1.29 is 19.1 Å². The van der Waals surface area contributed by atoms with E-state index < -0.39 is 17.9 Å². The standard InChI is InChI=1S/C21H25BrN2O4/c1-5-10-27-18-9-7-6-8-17(18)21(26)24-23-20(25)15(4)28-19-13(2)11-16(22)12-14(19)3/h6-9,11-12,15H,5,10H2,1-4H3,(H,23,25)(H,24,26). The Morgan fingerprint density at radius 3 is 2.39 bits per heavy atom. The van der Waals surface area contributed by atoms with Crippen LogP contribution in [0.2, 0.25) is 0 Å². The van der Waals surface area contributed by atoms with Crippen LogP contribution in [-0.4, -0.2) is 24.5 Å². The second kappa shape index (κ2) is 10.1. The molecule has 0 saturated heterocycles. The van der Waals surface area contributed by atoms with Gasteiger partial charge in [-0.25, -0.2) is 0 Å². The third-order valence-electron chi connectivity index (χ3n) is 3.98. The van der Waals surface area contributed by atoms with Crippen LogP contribution in [0.15, 0.2) is 40.9 Å². The van der Waals surface area contributed by atoms with Crippen LogP contribution in [0, 0.1) is 13.8 Å². The molecule has 2 N–H and O–H groups in total. The first kappa shape index (κ1) is 21.8. The van der Waals surface area contributed by atoms with Crippen molar-refractivity contribution in [1.82, 2.24) is 10.9 Å². The molecule has 0 radical (unpaired) electrons. The van der Waals surface area contributed by atoms with Crippen LogP contribution in [0.25, 0.3) is 0 Å². The highest BCUT2D eigenvalue weighted by Gasteiger charge is 2.19. The maximum atomic E-state index is 12.4. The highest BCUT2D eigenvalue weighted by molar-refractivity contribution is 9.10. The van der Waals surface area contributed by atoms with Gasteiger partial charge in [-0.1, -0.05) is 35.0 Å². The summed E-state index contributed by atoms with van der Waals surface area (Å²) >= 11 is 3.43. The van der Waals surface area contributed by atoms with E-state index in [0.29, 0.717) is 23.7 Å². The van der Waals surface area contributed by atoms with Crippen LogP contribution < -0.4 is 20.3 Å². The lowest BCUT2D eigenvalue weighted by Crippen LogP contribution is -2.47. The fourth-order valence-corrected chi connectivity index (χ4v) is 3.28. The molecule has 0 fully saturated rings. The number of carbonyl (C=O) groups is 2. The van der Waals surface area contributed by atoms with Crippen molar-refractivity contribution in [2.45, 2.75) is 40.2 Å². The predicted molar refractivity (Wildman–Crippen MR) is 112 cm³/mol. The molecule has 2 aromatic rings. The number of hydrogen-bond donors (Lipinski definition) is 2. The van der Waals surface area contributed by atoms with Crippen molar-refractivity contribution in [2.24, 2.45) is 0 Å². The number of halogens is 1. The van der Waals surface area contributed by atoms with Gasteiger partial charge >= 0.3 is 0 Å². The van der Waals surface area contributed by atoms with Crippen LogP contribution in [0.3, 0.4) is 0 Å². The highest BCUT2D eigenvalue weighted by Crippen LogP contribution is 2.28. The van der Waals surface area contributed by atoms with E-state index in [1.165, 1.54) is 0 Å². The molecule has 0 aromatic heterocycles. The molecule has 28 heavy (non-hydrogen) atoms. The number of aryl methyl sites for hydroxylation is 2. The van der Waals surface area contributed by atoms with Crippen molar-refractivity contribution in [3.8, 4) is 11.5 Å². The molecule has 0 heterocycles. The molecule has 0 saturated carbocycles. The number of hydrazine groups is 1. The lowest BCUT2D eigenvalue weighted by molar-refractivity contribution is -0.128. The van der Waals surface area contributed by atoms with Gasteiger partial charge in [-0.15, -0.1) is 0 Å². The third kappa shape index (κ3) is 5.73. The zero-order valence-electron chi connectivity index (χ0n) is 16.5. The summed E-state index contributed by atoms with van der Waals surface area (Å²) in [5, 5.41) is 0. The third-order valence-corrected chi connectivity index (χ3v) is 4.44. The van der Waals surface area contributed by atoms with Crippen LogP contribution >= 0.6 is 15.9 Å². The van der Waals surface area contributed by atoms with Crippen molar-refractivity contribution >= 4 is 27.7 Å². The van der Waals surface area contributed by atoms with Gasteiger partial charge in [0.1, 0.15) is 11.5 Å². The number of benzene rings is 2. The SMILES string of the molecule is CCCOc1ccccc1C(=O)NNC(=O)C(C)Oc1c(C)cc(Br)cc1C. The Bertz CT molecular complexity index is 831. The average Bonchev–Trinajstić information content (AvgIpc) is 2.66. The van der Waals surface area contributed by atoms with Gasteiger partial charge in [0, 0.05) is 4.47 Å². The average molecular weight is 449 g/mol. The number of nitrogens with one attached hydrogen (secondary N) is 2. The summed E-state index contributed by atoms with van der Waals surface area (Å²) in [6.45, 7) is 7.94. The quantitative estimate of drug-likeness (QED) is 0.625. The molecule has 7 heteroatoms. The van der Waals surface area contributed by atoms with E-state index >= 15 is 0 Å². The van der Waals surface area contributed by atoms with E-state index in [4.69, 9.17) is 9.47 Å². The molecule has 150 valence electrons. The lowest BCUT2D eigenvalue weighted by Gasteiger charge is -2.19. The number of rotatable bonds is 7. The molecule has 0 aliphatic carbocycles. The zero-order valence-corrected chi connectivity index (χ0v) is 18.1. The molecule has 1 atom stereocenters. The van der Waals surface area contributed by atoms with E-state index in [1.54, 1.807) is 31.2 Å². The summed E-state index contributed by atoms with van der Waals surface area (Å²) in [6.07, 6.45) is 0.0432. The predicted octanol–water partition coefficient (Wildman–Crippen LogP) is 4.08. The molecule has 2 aromatic carbocycles. The Hall–Kier alpha value is -2.54. The number of carbonyl (C=O) groups excluding carboxylic acids is 2.